The van der Waals surface area contributed by atoms with E-state index in [0.717, 1.165) is 12.8 Å². The number of nitrogens with two attached hydrogens (primary N) is 2. The Balaban J connectivity index is 1.98. The van der Waals surface area contributed by atoms with Crippen molar-refractivity contribution >= 4 is 23.2 Å². The maximum atomic E-state index is 11.4. The van der Waals surface area contributed by atoms with E-state index < -0.39 is 5.91 Å². The first-order valence-corrected chi connectivity index (χ1v) is 6.86. The molecule has 1 aromatic carbocycles. The van der Waals surface area contributed by atoms with E-state index in [1.54, 1.807) is 12.4 Å². The highest BCUT2D eigenvalue weighted by molar-refractivity contribution is 6.33. The molecule has 2 aromatic rings. The number of aryl methyl sites for hydroxylation is 1. The molecule has 110 valence electrons. The van der Waals surface area contributed by atoms with E-state index in [2.05, 4.69) is 4.98 Å². The second-order valence-electron chi connectivity index (χ2n) is 4.55. The van der Waals surface area contributed by atoms with Gasteiger partial charge in [0.2, 0.25) is 0 Å². The third-order valence-corrected chi connectivity index (χ3v) is 3.22. The number of amides is 1. The molecule has 0 atom stereocenters. The number of nitrogens with zero attached hydrogens (tertiary/aromatic N) is 1. The maximum Gasteiger partial charge on any atom is 0.252 e. The predicted octanol–water partition coefficient (Wildman–Crippen LogP) is 2.43. The van der Waals surface area contributed by atoms with Gasteiger partial charge in [-0.05, 0) is 42.7 Å². The van der Waals surface area contributed by atoms with Crippen molar-refractivity contribution in [3.8, 4) is 5.75 Å². The van der Waals surface area contributed by atoms with Crippen LogP contribution in [-0.2, 0) is 6.42 Å². The summed E-state index contributed by atoms with van der Waals surface area (Å²) in [4.78, 5) is 15.4. The summed E-state index contributed by atoms with van der Waals surface area (Å²) in [5, 5.41) is 0.285. The largest absolute Gasteiger partial charge is 0.491 e. The number of nitrogen functional groups attached to an aromatic ring is 1. The molecule has 0 spiro atoms. The molecule has 0 aliphatic carbocycles. The van der Waals surface area contributed by atoms with Gasteiger partial charge in [-0.2, -0.15) is 0 Å². The fourth-order valence-electron chi connectivity index (χ4n) is 1.94. The van der Waals surface area contributed by atoms with E-state index in [9.17, 15) is 4.79 Å². The number of pyridine rings is 1. The molecule has 2 rings (SSSR count). The summed E-state index contributed by atoms with van der Waals surface area (Å²) in [6, 6.07) is 6.90. The summed E-state index contributed by atoms with van der Waals surface area (Å²) in [5.74, 6) is -0.332. The Labute approximate surface area is 127 Å². The number of aromatic nitrogens is 1. The molecule has 0 radical (unpaired) electrons. The minimum absolute atomic E-state index is 0.198. The fourth-order valence-corrected chi connectivity index (χ4v) is 2.23. The van der Waals surface area contributed by atoms with Gasteiger partial charge in [0.15, 0.2) is 5.75 Å². The summed E-state index contributed by atoms with van der Waals surface area (Å²) in [5.41, 5.74) is 12.7. The zero-order valence-electron chi connectivity index (χ0n) is 11.4. The molecule has 0 saturated carbocycles. The van der Waals surface area contributed by atoms with Crippen molar-refractivity contribution in [2.45, 2.75) is 12.8 Å². The molecule has 1 aromatic heterocycles. The molecule has 0 saturated heterocycles. The lowest BCUT2D eigenvalue weighted by atomic mass is 10.1. The Kier molecular flexibility index (Phi) is 5.00. The van der Waals surface area contributed by atoms with Crippen molar-refractivity contribution in [2.75, 3.05) is 12.3 Å². The number of primary amides is 1. The SMILES string of the molecule is NC(=O)c1cc(N)cc(Cl)c1OCCCc1ccncc1. The van der Waals surface area contributed by atoms with Crippen LogP contribution in [0.3, 0.4) is 0 Å². The molecule has 21 heavy (non-hydrogen) atoms. The minimum atomic E-state index is -0.617. The first kappa shape index (κ1) is 15.1. The normalized spacial score (nSPS) is 10.3. The zero-order chi connectivity index (χ0) is 15.2. The number of carbonyl (C=O) groups is 1. The molecule has 0 fully saturated rings. The average molecular weight is 306 g/mol. The van der Waals surface area contributed by atoms with Crippen LogP contribution < -0.4 is 16.2 Å². The van der Waals surface area contributed by atoms with Gasteiger partial charge < -0.3 is 16.2 Å². The highest BCUT2D eigenvalue weighted by Crippen LogP contribution is 2.31. The summed E-state index contributed by atoms with van der Waals surface area (Å²) in [6.45, 7) is 0.423. The lowest BCUT2D eigenvalue weighted by Gasteiger charge is -2.12. The van der Waals surface area contributed by atoms with E-state index in [1.807, 2.05) is 12.1 Å². The Morgan fingerprint density at radius 2 is 2.00 bits per heavy atom. The molecule has 6 heteroatoms. The van der Waals surface area contributed by atoms with Crippen LogP contribution in [0.25, 0.3) is 0 Å². The highest BCUT2D eigenvalue weighted by atomic mass is 35.5. The zero-order valence-corrected chi connectivity index (χ0v) is 12.1. The van der Waals surface area contributed by atoms with Crippen molar-refractivity contribution in [1.82, 2.24) is 4.98 Å². The third-order valence-electron chi connectivity index (χ3n) is 2.94. The van der Waals surface area contributed by atoms with Gasteiger partial charge in [0.1, 0.15) is 0 Å². The quantitative estimate of drug-likeness (QED) is 0.633. The Bertz CT molecular complexity index is 632. The smallest absolute Gasteiger partial charge is 0.252 e. The van der Waals surface area contributed by atoms with Crippen LogP contribution >= 0.6 is 11.6 Å². The van der Waals surface area contributed by atoms with E-state index in [0.29, 0.717) is 12.3 Å². The monoisotopic (exact) mass is 305 g/mol. The third kappa shape index (κ3) is 4.10. The van der Waals surface area contributed by atoms with Crippen LogP contribution in [0.2, 0.25) is 5.02 Å². The maximum absolute atomic E-state index is 11.4. The molecule has 5 nitrogen and oxygen atoms in total. The van der Waals surface area contributed by atoms with Crippen LogP contribution in [0, 0.1) is 0 Å². The first-order valence-electron chi connectivity index (χ1n) is 6.48. The molecule has 0 aliphatic heterocycles. The number of halogens is 1. The number of carbonyl (C=O) groups excluding carboxylic acids is 1. The van der Waals surface area contributed by atoms with E-state index >= 15 is 0 Å². The predicted molar refractivity (Wildman–Crippen MR) is 82.4 cm³/mol. The van der Waals surface area contributed by atoms with Crippen molar-refractivity contribution in [1.29, 1.82) is 0 Å². The molecule has 0 aliphatic rings. The lowest BCUT2D eigenvalue weighted by Crippen LogP contribution is -2.14. The van der Waals surface area contributed by atoms with E-state index in [1.165, 1.54) is 17.7 Å². The highest BCUT2D eigenvalue weighted by Gasteiger charge is 2.14. The van der Waals surface area contributed by atoms with Crippen molar-refractivity contribution in [3.05, 3.63) is 52.8 Å². The van der Waals surface area contributed by atoms with Gasteiger partial charge in [-0.1, -0.05) is 11.6 Å². The molecule has 0 bridgehead atoms. The van der Waals surface area contributed by atoms with Crippen LogP contribution in [0.4, 0.5) is 5.69 Å². The summed E-state index contributed by atoms with van der Waals surface area (Å²) in [7, 11) is 0. The Morgan fingerprint density at radius 3 is 2.67 bits per heavy atom. The molecule has 4 N–H and O–H groups in total. The average Bonchev–Trinajstić information content (AvgIpc) is 2.45. The number of ether oxygens (including phenoxy) is 1. The molecular formula is C15H16ClN3O2. The summed E-state index contributed by atoms with van der Waals surface area (Å²) in [6.07, 6.45) is 5.13. The standard InChI is InChI=1S/C15H16ClN3O2/c16-13-9-11(17)8-12(15(18)20)14(13)21-7-1-2-10-3-5-19-6-4-10/h3-6,8-9H,1-2,7,17H2,(H2,18,20). The van der Waals surface area contributed by atoms with Gasteiger partial charge in [0.25, 0.3) is 5.91 Å². The van der Waals surface area contributed by atoms with Crippen molar-refractivity contribution < 1.29 is 9.53 Å². The number of anilines is 1. The van der Waals surface area contributed by atoms with Gasteiger partial charge >= 0.3 is 0 Å². The molecule has 1 heterocycles. The van der Waals surface area contributed by atoms with Gasteiger partial charge in [0, 0.05) is 18.1 Å². The molecule has 1 amide bonds. The topological polar surface area (TPSA) is 91.2 Å². The molecular weight excluding hydrogens is 290 g/mol. The van der Waals surface area contributed by atoms with Gasteiger partial charge in [-0.25, -0.2) is 0 Å². The van der Waals surface area contributed by atoms with E-state index in [-0.39, 0.29) is 16.3 Å². The van der Waals surface area contributed by atoms with Gasteiger partial charge in [-0.3, -0.25) is 9.78 Å². The molecule has 0 unspecified atom stereocenters. The van der Waals surface area contributed by atoms with E-state index in [4.69, 9.17) is 27.8 Å². The first-order chi connectivity index (χ1) is 10.1. The fraction of sp³-hybridized carbons (Fsp3) is 0.200. The Morgan fingerprint density at radius 1 is 1.29 bits per heavy atom. The number of hydrogen-bond acceptors (Lipinski definition) is 4. The number of rotatable bonds is 6. The number of hydrogen-bond donors (Lipinski definition) is 2. The lowest BCUT2D eigenvalue weighted by molar-refractivity contribution is 0.0996. The Hall–Kier alpha value is -2.27. The van der Waals surface area contributed by atoms with Crippen molar-refractivity contribution in [3.63, 3.8) is 0 Å². The van der Waals surface area contributed by atoms with Crippen LogP contribution in [0.5, 0.6) is 5.75 Å². The second-order valence-corrected chi connectivity index (χ2v) is 4.96. The van der Waals surface area contributed by atoms with Gasteiger partial charge in [-0.15, -0.1) is 0 Å². The van der Waals surface area contributed by atoms with Crippen LogP contribution in [0.1, 0.15) is 22.3 Å². The second kappa shape index (κ2) is 6.95. The van der Waals surface area contributed by atoms with Crippen LogP contribution in [0.15, 0.2) is 36.7 Å². The number of benzene rings is 1. The summed E-state index contributed by atoms with van der Waals surface area (Å²) < 4.78 is 5.60. The van der Waals surface area contributed by atoms with Crippen LogP contribution in [-0.4, -0.2) is 17.5 Å². The van der Waals surface area contributed by atoms with Crippen molar-refractivity contribution in [2.24, 2.45) is 5.73 Å². The minimum Gasteiger partial charge on any atom is -0.491 e. The summed E-state index contributed by atoms with van der Waals surface area (Å²) >= 11 is 6.05. The van der Waals surface area contributed by atoms with Gasteiger partial charge in [0.05, 0.1) is 17.2 Å².